The van der Waals surface area contributed by atoms with Gasteiger partial charge in [-0.3, -0.25) is 14.3 Å². The summed E-state index contributed by atoms with van der Waals surface area (Å²) in [5.74, 6) is 0.665. The molecule has 1 N–H and O–H groups in total. The van der Waals surface area contributed by atoms with Crippen LogP contribution in [0.25, 0.3) is 0 Å². The fourth-order valence-corrected chi connectivity index (χ4v) is 2.82. The van der Waals surface area contributed by atoms with E-state index in [2.05, 4.69) is 18.0 Å². The largest absolute Gasteiger partial charge is 0.349 e. The lowest BCUT2D eigenvalue weighted by Gasteiger charge is -2.15. The van der Waals surface area contributed by atoms with Crippen LogP contribution in [0.5, 0.6) is 0 Å². The van der Waals surface area contributed by atoms with Crippen molar-refractivity contribution in [2.75, 3.05) is 23.5 Å². The Bertz CT molecular complexity index is 645. The van der Waals surface area contributed by atoms with E-state index in [-0.39, 0.29) is 11.2 Å². The van der Waals surface area contributed by atoms with Crippen LogP contribution < -0.4 is 21.0 Å². The van der Waals surface area contributed by atoms with Crippen molar-refractivity contribution >= 4 is 11.5 Å². The maximum Gasteiger partial charge on any atom is 0.329 e. The van der Waals surface area contributed by atoms with Gasteiger partial charge in [0.15, 0.2) is 0 Å². The van der Waals surface area contributed by atoms with Gasteiger partial charge in [-0.25, -0.2) is 4.79 Å². The predicted octanol–water partition coefficient (Wildman–Crippen LogP) is 2.16. The van der Waals surface area contributed by atoms with Crippen molar-refractivity contribution in [1.82, 2.24) is 9.55 Å². The third-order valence-corrected chi connectivity index (χ3v) is 4.05. The summed E-state index contributed by atoms with van der Waals surface area (Å²) in [4.78, 5) is 29.9. The van der Waals surface area contributed by atoms with E-state index in [0.29, 0.717) is 18.2 Å². The highest BCUT2D eigenvalue weighted by atomic mass is 16.2. The topological polar surface area (TPSA) is 61.3 Å². The minimum Gasteiger partial charge on any atom is -0.349 e. The Morgan fingerprint density at radius 3 is 2.59 bits per heavy atom. The smallest absolute Gasteiger partial charge is 0.329 e. The van der Waals surface area contributed by atoms with E-state index in [4.69, 9.17) is 0 Å². The van der Waals surface area contributed by atoms with Gasteiger partial charge in [0.05, 0.1) is 6.67 Å². The number of nitrogens with zero attached hydrogens (tertiary/aromatic N) is 3. The zero-order valence-electron chi connectivity index (χ0n) is 13.8. The van der Waals surface area contributed by atoms with Crippen molar-refractivity contribution in [1.29, 1.82) is 0 Å². The summed E-state index contributed by atoms with van der Waals surface area (Å²) in [5.41, 5.74) is -0.150. The quantitative estimate of drug-likeness (QED) is 0.784. The molecule has 0 atom stereocenters. The van der Waals surface area contributed by atoms with Crippen molar-refractivity contribution < 1.29 is 0 Å². The van der Waals surface area contributed by atoms with Crippen LogP contribution in [0, 0.1) is 0 Å². The van der Waals surface area contributed by atoms with Crippen LogP contribution >= 0.6 is 0 Å². The standard InChI is InChI=1S/C16H26N4O2/c1-4-5-6-7-8-9-10-11-20-12-18(2)13-14(21)17-16(22)19(3)15(13)20/h10-11H,4-9,12H2,1-3H3,(H,17,21,22). The molecule has 0 unspecified atom stereocenters. The minimum atomic E-state index is -0.378. The molecule has 0 amide bonds. The van der Waals surface area contributed by atoms with Crippen molar-refractivity contribution in [3.63, 3.8) is 0 Å². The molecular weight excluding hydrogens is 280 g/mol. The maximum absolute atomic E-state index is 12.0. The molecule has 2 rings (SSSR count). The summed E-state index contributed by atoms with van der Waals surface area (Å²) < 4.78 is 1.49. The van der Waals surface area contributed by atoms with Gasteiger partial charge in [-0.05, 0) is 12.8 Å². The van der Waals surface area contributed by atoms with Crippen LogP contribution in [0.1, 0.15) is 45.4 Å². The van der Waals surface area contributed by atoms with Gasteiger partial charge in [0.1, 0.15) is 11.5 Å². The monoisotopic (exact) mass is 306 g/mol. The lowest BCUT2D eigenvalue weighted by atomic mass is 10.1. The normalized spacial score (nSPS) is 14.1. The second kappa shape index (κ2) is 7.33. The molecule has 1 aliphatic rings. The first-order valence-corrected chi connectivity index (χ1v) is 8.04. The Labute approximate surface area is 131 Å². The molecule has 0 aromatic carbocycles. The maximum atomic E-state index is 12.0. The van der Waals surface area contributed by atoms with Crippen molar-refractivity contribution in [3.05, 3.63) is 33.1 Å². The zero-order chi connectivity index (χ0) is 16.1. The fourth-order valence-electron chi connectivity index (χ4n) is 2.82. The van der Waals surface area contributed by atoms with Crippen molar-refractivity contribution in [2.24, 2.45) is 7.05 Å². The van der Waals surface area contributed by atoms with Gasteiger partial charge in [0.2, 0.25) is 0 Å². The van der Waals surface area contributed by atoms with Gasteiger partial charge >= 0.3 is 5.69 Å². The SMILES string of the molecule is CCCCCCCC=CN1CN(C)c2c1n(C)c(=O)[nH]c2=O. The number of nitrogens with one attached hydrogen (secondary N) is 1. The molecule has 1 aliphatic heterocycles. The van der Waals surface area contributed by atoms with Crippen LogP contribution in [-0.2, 0) is 7.05 Å². The third kappa shape index (κ3) is 3.43. The molecule has 0 bridgehead atoms. The highest BCUT2D eigenvalue weighted by Gasteiger charge is 2.28. The van der Waals surface area contributed by atoms with Crippen molar-refractivity contribution in [2.45, 2.75) is 45.4 Å². The molecule has 2 heterocycles. The lowest BCUT2D eigenvalue weighted by Crippen LogP contribution is -2.31. The first-order chi connectivity index (χ1) is 10.6. The summed E-state index contributed by atoms with van der Waals surface area (Å²) in [6, 6.07) is 0. The van der Waals surface area contributed by atoms with Crippen LogP contribution in [0.2, 0.25) is 0 Å². The number of rotatable bonds is 7. The number of unbranched alkanes of at least 4 members (excludes halogenated alkanes) is 5. The third-order valence-electron chi connectivity index (χ3n) is 4.05. The van der Waals surface area contributed by atoms with Crippen LogP contribution in [0.3, 0.4) is 0 Å². The van der Waals surface area contributed by atoms with Gasteiger partial charge < -0.3 is 9.80 Å². The Hall–Kier alpha value is -1.98. The fraction of sp³-hybridized carbons (Fsp3) is 0.625. The first kappa shape index (κ1) is 16.4. The number of anilines is 2. The molecule has 0 aliphatic carbocycles. The van der Waals surface area contributed by atoms with Gasteiger partial charge in [0, 0.05) is 20.3 Å². The van der Waals surface area contributed by atoms with E-state index >= 15 is 0 Å². The van der Waals surface area contributed by atoms with E-state index < -0.39 is 0 Å². The molecule has 0 spiro atoms. The molecule has 1 aromatic heterocycles. The number of aromatic amines is 1. The van der Waals surface area contributed by atoms with E-state index in [9.17, 15) is 9.59 Å². The van der Waals surface area contributed by atoms with Gasteiger partial charge in [0.25, 0.3) is 5.56 Å². The average Bonchev–Trinajstić information content (AvgIpc) is 2.81. The predicted molar refractivity (Wildman–Crippen MR) is 90.6 cm³/mol. The molecule has 0 saturated carbocycles. The molecule has 0 fully saturated rings. The summed E-state index contributed by atoms with van der Waals surface area (Å²) in [7, 11) is 3.54. The van der Waals surface area contributed by atoms with E-state index in [1.54, 1.807) is 7.05 Å². The Kier molecular flexibility index (Phi) is 5.46. The molecule has 22 heavy (non-hydrogen) atoms. The van der Waals surface area contributed by atoms with Gasteiger partial charge in [-0.15, -0.1) is 0 Å². The van der Waals surface area contributed by atoms with E-state index in [1.165, 1.54) is 36.7 Å². The minimum absolute atomic E-state index is 0.323. The number of hydrogen-bond acceptors (Lipinski definition) is 4. The molecule has 0 saturated heterocycles. The molecule has 0 radical (unpaired) electrons. The Morgan fingerprint density at radius 1 is 1.14 bits per heavy atom. The van der Waals surface area contributed by atoms with E-state index in [1.807, 2.05) is 23.0 Å². The van der Waals surface area contributed by atoms with Gasteiger partial charge in [-0.2, -0.15) is 0 Å². The summed E-state index contributed by atoms with van der Waals surface area (Å²) in [6.45, 7) is 2.80. The molecule has 6 nitrogen and oxygen atoms in total. The zero-order valence-corrected chi connectivity index (χ0v) is 13.8. The Morgan fingerprint density at radius 2 is 1.86 bits per heavy atom. The Balaban J connectivity index is 2.04. The molecule has 1 aromatic rings. The molecular formula is C16H26N4O2. The average molecular weight is 306 g/mol. The molecule has 6 heteroatoms. The second-order valence-electron chi connectivity index (χ2n) is 5.89. The number of H-pyrrole nitrogens is 1. The van der Waals surface area contributed by atoms with Gasteiger partial charge in [-0.1, -0.05) is 38.7 Å². The first-order valence-electron chi connectivity index (χ1n) is 8.04. The summed E-state index contributed by atoms with van der Waals surface area (Å²) in [6.07, 6.45) is 11.4. The number of aromatic nitrogens is 2. The van der Waals surface area contributed by atoms with Crippen LogP contribution in [-0.4, -0.2) is 23.3 Å². The number of fused-ring (bicyclic) bond motifs is 1. The van der Waals surface area contributed by atoms with E-state index in [0.717, 1.165) is 6.42 Å². The van der Waals surface area contributed by atoms with Crippen molar-refractivity contribution in [3.8, 4) is 0 Å². The number of hydrogen-bond donors (Lipinski definition) is 1. The number of allylic oxidation sites excluding steroid dienone is 1. The summed E-state index contributed by atoms with van der Waals surface area (Å²) >= 11 is 0. The van der Waals surface area contributed by atoms with Crippen LogP contribution in [0.4, 0.5) is 11.5 Å². The van der Waals surface area contributed by atoms with Crippen LogP contribution in [0.15, 0.2) is 21.9 Å². The highest BCUT2D eigenvalue weighted by Crippen LogP contribution is 2.29. The highest BCUT2D eigenvalue weighted by molar-refractivity contribution is 5.72. The lowest BCUT2D eigenvalue weighted by molar-refractivity contribution is 0.637. The summed E-state index contributed by atoms with van der Waals surface area (Å²) in [5, 5.41) is 0. The molecule has 122 valence electrons. The second-order valence-corrected chi connectivity index (χ2v) is 5.89.